The summed E-state index contributed by atoms with van der Waals surface area (Å²) in [6, 6.07) is 10.7. The van der Waals surface area contributed by atoms with Crippen molar-refractivity contribution in [2.75, 3.05) is 13.7 Å². The molecule has 0 aliphatic heterocycles. The summed E-state index contributed by atoms with van der Waals surface area (Å²) in [4.78, 5) is 11.9. The summed E-state index contributed by atoms with van der Waals surface area (Å²) in [5, 5.41) is 13.4. The fourth-order valence-electron chi connectivity index (χ4n) is 2.37. The summed E-state index contributed by atoms with van der Waals surface area (Å²) in [6.07, 6.45) is 1.46. The molecule has 0 radical (unpaired) electrons. The van der Waals surface area contributed by atoms with E-state index >= 15 is 0 Å². The maximum atomic E-state index is 11.9. The predicted octanol–water partition coefficient (Wildman–Crippen LogP) is 3.36. The van der Waals surface area contributed by atoms with Crippen LogP contribution in [0.1, 0.15) is 36.5 Å². The molecule has 0 saturated heterocycles. The van der Waals surface area contributed by atoms with Crippen molar-refractivity contribution < 1.29 is 19.4 Å². The number of carbonyl (C=O) groups excluding carboxylic acids is 1. The van der Waals surface area contributed by atoms with Gasteiger partial charge in [-0.15, -0.1) is 0 Å². The number of phenolic OH excluding ortho intramolecular Hbond substituents is 1. The first-order valence-electron chi connectivity index (χ1n) is 8.33. The van der Waals surface area contributed by atoms with E-state index in [1.54, 1.807) is 12.1 Å². The van der Waals surface area contributed by atoms with E-state index in [4.69, 9.17) is 9.47 Å². The molecule has 2 N–H and O–H groups in total. The molecule has 0 unspecified atom stereocenters. The van der Waals surface area contributed by atoms with Crippen molar-refractivity contribution in [2.24, 2.45) is 5.10 Å². The van der Waals surface area contributed by atoms with Gasteiger partial charge < -0.3 is 14.6 Å². The normalized spacial score (nSPS) is 11.0. The highest BCUT2D eigenvalue weighted by Gasteiger charge is 2.10. The highest BCUT2D eigenvalue weighted by atomic mass is 16.5. The van der Waals surface area contributed by atoms with Gasteiger partial charge in [-0.2, -0.15) is 5.10 Å². The Hall–Kier alpha value is -3.02. The number of hydrazone groups is 1. The second-order valence-electron chi connectivity index (χ2n) is 6.21. The first-order valence-corrected chi connectivity index (χ1v) is 8.33. The van der Waals surface area contributed by atoms with Crippen molar-refractivity contribution in [3.63, 3.8) is 0 Å². The van der Waals surface area contributed by atoms with Gasteiger partial charge in [-0.25, -0.2) is 5.43 Å². The monoisotopic (exact) mass is 356 g/mol. The molecule has 0 fully saturated rings. The molecule has 0 saturated carbocycles. The maximum absolute atomic E-state index is 11.9. The Kier molecular flexibility index (Phi) is 6.60. The Morgan fingerprint density at radius 2 is 2.00 bits per heavy atom. The maximum Gasteiger partial charge on any atom is 0.277 e. The van der Waals surface area contributed by atoms with Gasteiger partial charge in [0.1, 0.15) is 5.75 Å². The summed E-state index contributed by atoms with van der Waals surface area (Å²) in [6.45, 7) is 6.01. The van der Waals surface area contributed by atoms with E-state index in [-0.39, 0.29) is 18.3 Å². The van der Waals surface area contributed by atoms with Gasteiger partial charge >= 0.3 is 0 Å². The van der Waals surface area contributed by atoms with E-state index in [2.05, 4.69) is 24.4 Å². The number of aryl methyl sites for hydroxylation is 1. The lowest BCUT2D eigenvalue weighted by atomic mass is 10.0. The first-order chi connectivity index (χ1) is 12.4. The summed E-state index contributed by atoms with van der Waals surface area (Å²) in [5.41, 5.74) is 5.23. The van der Waals surface area contributed by atoms with Crippen LogP contribution in [0.2, 0.25) is 0 Å². The van der Waals surface area contributed by atoms with Crippen LogP contribution in [0.15, 0.2) is 41.5 Å². The van der Waals surface area contributed by atoms with Crippen molar-refractivity contribution in [3.8, 4) is 17.2 Å². The number of phenols is 1. The van der Waals surface area contributed by atoms with E-state index in [9.17, 15) is 9.90 Å². The molecule has 1 amide bonds. The third-order valence-corrected chi connectivity index (χ3v) is 3.76. The topological polar surface area (TPSA) is 80.2 Å². The zero-order valence-corrected chi connectivity index (χ0v) is 15.4. The van der Waals surface area contributed by atoms with E-state index in [1.165, 1.54) is 19.4 Å². The fraction of sp³-hybridized carbons (Fsp3) is 0.300. The number of carbonyl (C=O) groups is 1. The van der Waals surface area contributed by atoms with Crippen LogP contribution in [0.25, 0.3) is 0 Å². The molecule has 138 valence electrons. The van der Waals surface area contributed by atoms with Gasteiger partial charge in [-0.05, 0) is 53.8 Å². The second kappa shape index (κ2) is 8.89. The Balaban J connectivity index is 1.93. The summed E-state index contributed by atoms with van der Waals surface area (Å²) >= 11 is 0. The van der Waals surface area contributed by atoms with E-state index in [0.29, 0.717) is 23.0 Å². The van der Waals surface area contributed by atoms with Crippen LogP contribution >= 0.6 is 0 Å². The molecule has 0 spiro atoms. The predicted molar refractivity (Wildman–Crippen MR) is 101 cm³/mol. The van der Waals surface area contributed by atoms with Gasteiger partial charge in [-0.3, -0.25) is 4.79 Å². The number of nitrogens with zero attached hydrogens (tertiary/aromatic N) is 1. The number of benzene rings is 2. The lowest BCUT2D eigenvalue weighted by molar-refractivity contribution is -0.123. The molecule has 26 heavy (non-hydrogen) atoms. The average Bonchev–Trinajstić information content (AvgIpc) is 2.61. The second-order valence-corrected chi connectivity index (χ2v) is 6.21. The number of methoxy groups -OCH3 is 1. The average molecular weight is 356 g/mol. The van der Waals surface area contributed by atoms with Crippen molar-refractivity contribution >= 4 is 12.1 Å². The Morgan fingerprint density at radius 1 is 1.23 bits per heavy atom. The number of aromatic hydroxyl groups is 1. The minimum absolute atomic E-state index is 0.0428. The molecular weight excluding hydrogens is 332 g/mol. The largest absolute Gasteiger partial charge is 0.504 e. The van der Waals surface area contributed by atoms with Crippen LogP contribution in [0.3, 0.4) is 0 Å². The van der Waals surface area contributed by atoms with Gasteiger partial charge in [0.25, 0.3) is 5.91 Å². The molecule has 0 bridgehead atoms. The van der Waals surface area contributed by atoms with Crippen molar-refractivity contribution in [3.05, 3.63) is 53.1 Å². The van der Waals surface area contributed by atoms with Crippen LogP contribution < -0.4 is 14.9 Å². The Morgan fingerprint density at radius 3 is 2.69 bits per heavy atom. The minimum atomic E-state index is -0.358. The van der Waals surface area contributed by atoms with Gasteiger partial charge in [-0.1, -0.05) is 26.0 Å². The van der Waals surface area contributed by atoms with Crippen LogP contribution in [-0.2, 0) is 4.79 Å². The molecule has 0 atom stereocenters. The molecule has 0 aliphatic rings. The van der Waals surface area contributed by atoms with Crippen LogP contribution in [0.4, 0.5) is 0 Å². The fourth-order valence-corrected chi connectivity index (χ4v) is 2.37. The number of hydrogen-bond donors (Lipinski definition) is 2. The Bertz CT molecular complexity index is 800. The van der Waals surface area contributed by atoms with Crippen molar-refractivity contribution in [1.29, 1.82) is 0 Å². The molecule has 2 rings (SSSR count). The summed E-state index contributed by atoms with van der Waals surface area (Å²) < 4.78 is 10.7. The van der Waals surface area contributed by atoms with E-state index in [1.807, 2.05) is 25.1 Å². The first kappa shape index (κ1) is 19.3. The summed E-state index contributed by atoms with van der Waals surface area (Å²) in [5.74, 6) is 1.03. The van der Waals surface area contributed by atoms with Crippen molar-refractivity contribution in [1.82, 2.24) is 5.43 Å². The number of rotatable bonds is 7. The SMILES string of the molecule is COc1cc(C=NNC(=O)COc2cc(C)ccc2C(C)C)ccc1O. The van der Waals surface area contributed by atoms with Gasteiger partial charge in [0.2, 0.25) is 0 Å². The molecule has 2 aromatic rings. The lowest BCUT2D eigenvalue weighted by Gasteiger charge is -2.14. The zero-order valence-electron chi connectivity index (χ0n) is 15.4. The van der Waals surface area contributed by atoms with E-state index < -0.39 is 0 Å². The van der Waals surface area contributed by atoms with Crippen LogP contribution in [-0.4, -0.2) is 30.9 Å². The molecule has 0 heterocycles. The number of nitrogens with one attached hydrogen (secondary N) is 1. The molecular formula is C20H24N2O4. The lowest BCUT2D eigenvalue weighted by Crippen LogP contribution is -2.25. The zero-order chi connectivity index (χ0) is 19.1. The minimum Gasteiger partial charge on any atom is -0.504 e. The smallest absolute Gasteiger partial charge is 0.277 e. The van der Waals surface area contributed by atoms with Gasteiger partial charge in [0.05, 0.1) is 13.3 Å². The molecule has 6 heteroatoms. The van der Waals surface area contributed by atoms with Gasteiger partial charge in [0.15, 0.2) is 18.1 Å². The molecule has 0 aromatic heterocycles. The molecule has 6 nitrogen and oxygen atoms in total. The molecule has 2 aromatic carbocycles. The Labute approximate surface area is 153 Å². The molecule has 0 aliphatic carbocycles. The third-order valence-electron chi connectivity index (χ3n) is 3.76. The number of ether oxygens (including phenoxy) is 2. The highest BCUT2D eigenvalue weighted by Crippen LogP contribution is 2.27. The number of amides is 1. The van der Waals surface area contributed by atoms with E-state index in [0.717, 1.165) is 11.1 Å². The third kappa shape index (κ3) is 5.24. The van der Waals surface area contributed by atoms with Crippen LogP contribution in [0.5, 0.6) is 17.2 Å². The standard InChI is InChI=1S/C20H24N2O4/c1-13(2)16-7-5-14(3)9-18(16)26-12-20(24)22-21-11-15-6-8-17(23)19(10-15)25-4/h5-11,13,23H,12H2,1-4H3,(H,22,24). The van der Waals surface area contributed by atoms with Crippen molar-refractivity contribution in [2.45, 2.75) is 26.7 Å². The van der Waals surface area contributed by atoms with Crippen LogP contribution in [0, 0.1) is 6.92 Å². The number of hydrogen-bond acceptors (Lipinski definition) is 5. The highest BCUT2D eigenvalue weighted by molar-refractivity contribution is 5.83. The van der Waals surface area contributed by atoms with Gasteiger partial charge in [0, 0.05) is 0 Å². The quantitative estimate of drug-likeness (QED) is 0.589. The summed E-state index contributed by atoms with van der Waals surface area (Å²) in [7, 11) is 1.46.